The Labute approximate surface area is 99.8 Å². The third-order valence-corrected chi connectivity index (χ3v) is 4.84. The van der Waals surface area contributed by atoms with Crippen molar-refractivity contribution >= 4 is 29.5 Å². The number of aliphatic carboxylic acids is 1. The SMILES string of the molecule is CCC[C@H](NC1CSCCSC1)C(=O)O. The Hall–Kier alpha value is 0.130. The van der Waals surface area contributed by atoms with Crippen LogP contribution in [-0.2, 0) is 4.79 Å². The highest BCUT2D eigenvalue weighted by molar-refractivity contribution is 8.03. The summed E-state index contributed by atoms with van der Waals surface area (Å²) in [5.74, 6) is 3.75. The molecule has 0 aromatic heterocycles. The zero-order valence-corrected chi connectivity index (χ0v) is 10.7. The van der Waals surface area contributed by atoms with Gasteiger partial charge >= 0.3 is 5.97 Å². The second kappa shape index (κ2) is 7.41. The van der Waals surface area contributed by atoms with Crippen LogP contribution in [0.1, 0.15) is 19.8 Å². The van der Waals surface area contributed by atoms with Crippen molar-refractivity contribution in [2.45, 2.75) is 31.8 Å². The molecule has 0 radical (unpaired) electrons. The van der Waals surface area contributed by atoms with Crippen LogP contribution in [0.4, 0.5) is 0 Å². The molecule has 1 atom stereocenters. The Morgan fingerprint density at radius 1 is 1.47 bits per heavy atom. The van der Waals surface area contributed by atoms with Crippen LogP contribution in [0.3, 0.4) is 0 Å². The van der Waals surface area contributed by atoms with E-state index in [0.29, 0.717) is 6.04 Å². The van der Waals surface area contributed by atoms with E-state index in [1.54, 1.807) is 0 Å². The summed E-state index contributed by atoms with van der Waals surface area (Å²) in [4.78, 5) is 11.0. The van der Waals surface area contributed by atoms with Gasteiger partial charge in [0.15, 0.2) is 0 Å². The van der Waals surface area contributed by atoms with Gasteiger partial charge in [0, 0.05) is 29.1 Å². The van der Waals surface area contributed by atoms with E-state index in [4.69, 9.17) is 5.11 Å². The Morgan fingerprint density at radius 2 is 2.07 bits per heavy atom. The van der Waals surface area contributed by atoms with E-state index in [1.807, 2.05) is 30.4 Å². The lowest BCUT2D eigenvalue weighted by Crippen LogP contribution is -2.45. The average Bonchev–Trinajstić information content (AvgIpc) is 2.45. The molecule has 0 unspecified atom stereocenters. The molecule has 1 aliphatic heterocycles. The molecule has 1 saturated heterocycles. The van der Waals surface area contributed by atoms with Crippen LogP contribution in [0.25, 0.3) is 0 Å². The van der Waals surface area contributed by atoms with Gasteiger partial charge in [0.2, 0.25) is 0 Å². The quantitative estimate of drug-likeness (QED) is 0.776. The van der Waals surface area contributed by atoms with Gasteiger partial charge in [0.1, 0.15) is 6.04 Å². The molecule has 1 heterocycles. The molecule has 88 valence electrons. The first-order chi connectivity index (χ1) is 7.24. The number of rotatable bonds is 5. The first kappa shape index (κ1) is 13.2. The molecule has 5 heteroatoms. The maximum absolute atomic E-state index is 11.0. The fourth-order valence-corrected chi connectivity index (χ4v) is 3.99. The number of hydrogen-bond donors (Lipinski definition) is 2. The Bertz CT molecular complexity index is 194. The lowest BCUT2D eigenvalue weighted by atomic mass is 10.1. The molecule has 0 bridgehead atoms. The van der Waals surface area contributed by atoms with Crippen molar-refractivity contribution in [2.75, 3.05) is 23.0 Å². The molecular formula is C10H19NO2S2. The van der Waals surface area contributed by atoms with Gasteiger partial charge in [0.05, 0.1) is 0 Å². The Kier molecular flexibility index (Phi) is 6.52. The van der Waals surface area contributed by atoms with E-state index in [2.05, 4.69) is 5.32 Å². The van der Waals surface area contributed by atoms with Crippen molar-refractivity contribution in [1.82, 2.24) is 5.32 Å². The molecule has 0 aliphatic carbocycles. The number of carboxylic acids is 1. The van der Waals surface area contributed by atoms with Crippen LogP contribution >= 0.6 is 23.5 Å². The predicted octanol–water partition coefficient (Wildman–Crippen LogP) is 1.68. The number of carbonyl (C=O) groups is 1. The van der Waals surface area contributed by atoms with Gasteiger partial charge in [-0.15, -0.1) is 0 Å². The van der Waals surface area contributed by atoms with E-state index >= 15 is 0 Å². The molecule has 0 aromatic rings. The standard InChI is InChI=1S/C10H19NO2S2/c1-2-3-9(10(12)13)11-8-6-14-4-5-15-7-8/h8-9,11H,2-7H2,1H3,(H,12,13)/t9-/m0/s1. The predicted molar refractivity (Wildman–Crippen MR) is 67.9 cm³/mol. The minimum absolute atomic E-state index is 0.357. The van der Waals surface area contributed by atoms with Crippen molar-refractivity contribution in [3.63, 3.8) is 0 Å². The number of carboxylic acid groups (broad SMARTS) is 1. The van der Waals surface area contributed by atoms with Crippen LogP contribution in [-0.4, -0.2) is 46.2 Å². The first-order valence-corrected chi connectivity index (χ1v) is 7.69. The average molecular weight is 249 g/mol. The van der Waals surface area contributed by atoms with E-state index in [9.17, 15) is 4.79 Å². The van der Waals surface area contributed by atoms with E-state index in [-0.39, 0.29) is 6.04 Å². The molecule has 0 saturated carbocycles. The van der Waals surface area contributed by atoms with Crippen LogP contribution < -0.4 is 5.32 Å². The summed E-state index contributed by atoms with van der Waals surface area (Å²) in [6, 6.07) is -0.00514. The zero-order chi connectivity index (χ0) is 11.1. The third-order valence-electron chi connectivity index (χ3n) is 2.32. The van der Waals surface area contributed by atoms with Crippen molar-refractivity contribution in [2.24, 2.45) is 0 Å². The van der Waals surface area contributed by atoms with Gasteiger partial charge in [-0.05, 0) is 6.42 Å². The highest BCUT2D eigenvalue weighted by Crippen LogP contribution is 2.17. The van der Waals surface area contributed by atoms with E-state index in [1.165, 1.54) is 11.5 Å². The maximum atomic E-state index is 11.0. The molecule has 3 nitrogen and oxygen atoms in total. The van der Waals surface area contributed by atoms with E-state index in [0.717, 1.165) is 24.3 Å². The summed E-state index contributed by atoms with van der Waals surface area (Å²) in [5, 5.41) is 12.3. The number of nitrogens with one attached hydrogen (secondary N) is 1. The second-order valence-corrected chi connectivity index (χ2v) is 5.99. The van der Waals surface area contributed by atoms with Crippen LogP contribution in [0.2, 0.25) is 0 Å². The van der Waals surface area contributed by atoms with Gasteiger partial charge in [-0.3, -0.25) is 10.1 Å². The normalized spacial score (nSPS) is 20.9. The monoisotopic (exact) mass is 249 g/mol. The first-order valence-electron chi connectivity index (χ1n) is 5.38. The molecule has 0 spiro atoms. The fraction of sp³-hybridized carbons (Fsp3) is 0.900. The summed E-state index contributed by atoms with van der Waals surface area (Å²) >= 11 is 3.84. The largest absolute Gasteiger partial charge is 0.480 e. The molecule has 15 heavy (non-hydrogen) atoms. The summed E-state index contributed by atoms with van der Waals surface area (Å²) in [7, 11) is 0. The molecule has 1 rings (SSSR count). The molecule has 0 aromatic carbocycles. The maximum Gasteiger partial charge on any atom is 0.320 e. The Balaban J connectivity index is 2.37. The van der Waals surface area contributed by atoms with Crippen molar-refractivity contribution < 1.29 is 9.90 Å². The highest BCUT2D eigenvalue weighted by Gasteiger charge is 2.21. The third kappa shape index (κ3) is 5.13. The zero-order valence-electron chi connectivity index (χ0n) is 9.07. The van der Waals surface area contributed by atoms with Crippen LogP contribution in [0.15, 0.2) is 0 Å². The minimum Gasteiger partial charge on any atom is -0.480 e. The van der Waals surface area contributed by atoms with Crippen molar-refractivity contribution in [1.29, 1.82) is 0 Å². The fourth-order valence-electron chi connectivity index (χ4n) is 1.56. The molecule has 1 fully saturated rings. The van der Waals surface area contributed by atoms with Gasteiger partial charge in [0.25, 0.3) is 0 Å². The van der Waals surface area contributed by atoms with Gasteiger partial charge in [-0.1, -0.05) is 13.3 Å². The van der Waals surface area contributed by atoms with Crippen LogP contribution in [0.5, 0.6) is 0 Å². The summed E-state index contributed by atoms with van der Waals surface area (Å²) in [5.41, 5.74) is 0. The van der Waals surface area contributed by atoms with E-state index < -0.39 is 5.97 Å². The lowest BCUT2D eigenvalue weighted by molar-refractivity contribution is -0.139. The molecule has 2 N–H and O–H groups in total. The van der Waals surface area contributed by atoms with Gasteiger partial charge in [-0.2, -0.15) is 23.5 Å². The second-order valence-electron chi connectivity index (χ2n) is 3.69. The van der Waals surface area contributed by atoms with Crippen molar-refractivity contribution in [3.8, 4) is 0 Å². The summed E-state index contributed by atoms with van der Waals surface area (Å²) < 4.78 is 0. The minimum atomic E-state index is -0.712. The van der Waals surface area contributed by atoms with Gasteiger partial charge < -0.3 is 5.11 Å². The Morgan fingerprint density at radius 3 is 2.53 bits per heavy atom. The topological polar surface area (TPSA) is 49.3 Å². The van der Waals surface area contributed by atoms with Crippen molar-refractivity contribution in [3.05, 3.63) is 0 Å². The smallest absolute Gasteiger partial charge is 0.320 e. The lowest BCUT2D eigenvalue weighted by Gasteiger charge is -2.20. The number of thioether (sulfide) groups is 2. The van der Waals surface area contributed by atoms with Gasteiger partial charge in [-0.25, -0.2) is 0 Å². The molecular weight excluding hydrogens is 230 g/mol. The van der Waals surface area contributed by atoms with Crippen LogP contribution in [0, 0.1) is 0 Å². The molecule has 1 aliphatic rings. The number of hydrogen-bond acceptors (Lipinski definition) is 4. The molecule has 0 amide bonds. The highest BCUT2D eigenvalue weighted by atomic mass is 32.2. The summed E-state index contributed by atoms with van der Waals surface area (Å²) in [6.07, 6.45) is 1.64. The summed E-state index contributed by atoms with van der Waals surface area (Å²) in [6.45, 7) is 2.02.